The number of benzene rings is 1. The number of para-hydroxylation sites is 2. The Morgan fingerprint density at radius 1 is 1.31 bits per heavy atom. The van der Waals surface area contributed by atoms with Crippen molar-refractivity contribution < 1.29 is 4.79 Å². The molecule has 3 heterocycles. The molecule has 1 aromatic carbocycles. The fourth-order valence-electron chi connectivity index (χ4n) is 2.99. The predicted molar refractivity (Wildman–Crippen MR) is 101 cm³/mol. The normalized spacial score (nSPS) is 11.3. The summed E-state index contributed by atoms with van der Waals surface area (Å²) in [7, 11) is 0. The van der Waals surface area contributed by atoms with E-state index in [1.165, 1.54) is 21.9 Å². The lowest BCUT2D eigenvalue weighted by atomic mass is 10.3. The number of hydrogen-bond acceptors (Lipinski definition) is 5. The highest BCUT2D eigenvalue weighted by molar-refractivity contribution is 7.15. The van der Waals surface area contributed by atoms with Gasteiger partial charge in [0.25, 0.3) is 11.5 Å². The molecule has 0 aliphatic carbocycles. The van der Waals surface area contributed by atoms with Gasteiger partial charge in [0.1, 0.15) is 11.4 Å². The first kappa shape index (κ1) is 16.5. The topological polar surface area (TPSA) is 81.3 Å². The minimum absolute atomic E-state index is 0.0603. The SMILES string of the molecule is Cc1nc2ccccc2n1CCCNC(=O)c1cnc2sccn2c1=O. The van der Waals surface area contributed by atoms with Crippen LogP contribution in [0.5, 0.6) is 0 Å². The number of fused-ring (bicyclic) bond motifs is 2. The van der Waals surface area contributed by atoms with Crippen LogP contribution in [-0.2, 0) is 6.54 Å². The molecule has 0 atom stereocenters. The van der Waals surface area contributed by atoms with Crippen molar-refractivity contribution in [3.05, 3.63) is 63.8 Å². The molecular weight excluding hydrogens is 350 g/mol. The predicted octanol–water partition coefficient (Wildman–Crippen LogP) is 2.23. The van der Waals surface area contributed by atoms with Gasteiger partial charge in [-0.25, -0.2) is 9.97 Å². The summed E-state index contributed by atoms with van der Waals surface area (Å²) in [5.74, 6) is 0.554. The third kappa shape index (κ3) is 2.88. The third-order valence-corrected chi connectivity index (χ3v) is 5.05. The number of rotatable bonds is 5. The fraction of sp³-hybridized carbons (Fsp3) is 0.222. The lowest BCUT2D eigenvalue weighted by Crippen LogP contribution is -2.32. The smallest absolute Gasteiger partial charge is 0.271 e. The highest BCUT2D eigenvalue weighted by Gasteiger charge is 2.13. The van der Waals surface area contributed by atoms with E-state index >= 15 is 0 Å². The van der Waals surface area contributed by atoms with Crippen LogP contribution in [0.1, 0.15) is 22.6 Å². The van der Waals surface area contributed by atoms with E-state index in [1.807, 2.05) is 31.2 Å². The van der Waals surface area contributed by atoms with Crippen LogP contribution >= 0.6 is 11.3 Å². The number of nitrogens with zero attached hydrogens (tertiary/aromatic N) is 4. The van der Waals surface area contributed by atoms with E-state index in [-0.39, 0.29) is 11.1 Å². The van der Waals surface area contributed by atoms with Crippen LogP contribution in [-0.4, -0.2) is 31.4 Å². The molecule has 7 nitrogen and oxygen atoms in total. The van der Waals surface area contributed by atoms with Gasteiger partial charge in [-0.05, 0) is 25.5 Å². The lowest BCUT2D eigenvalue weighted by Gasteiger charge is -2.08. The van der Waals surface area contributed by atoms with Crippen LogP contribution < -0.4 is 10.9 Å². The van der Waals surface area contributed by atoms with Gasteiger partial charge in [0.05, 0.1) is 11.0 Å². The maximum atomic E-state index is 12.3. The molecule has 0 aliphatic rings. The molecule has 8 heteroatoms. The highest BCUT2D eigenvalue weighted by atomic mass is 32.1. The number of hydrogen-bond donors (Lipinski definition) is 1. The molecule has 1 N–H and O–H groups in total. The first-order valence-corrected chi connectivity index (χ1v) is 9.18. The van der Waals surface area contributed by atoms with E-state index in [0.29, 0.717) is 11.5 Å². The monoisotopic (exact) mass is 367 g/mol. The van der Waals surface area contributed by atoms with Crippen LogP contribution in [0.25, 0.3) is 16.0 Å². The van der Waals surface area contributed by atoms with E-state index in [0.717, 1.165) is 29.8 Å². The Bertz CT molecular complexity index is 1160. The number of carbonyl (C=O) groups excluding carboxylic acids is 1. The van der Waals surface area contributed by atoms with Crippen molar-refractivity contribution in [3.63, 3.8) is 0 Å². The largest absolute Gasteiger partial charge is 0.352 e. The zero-order chi connectivity index (χ0) is 18.1. The average molecular weight is 367 g/mol. The van der Waals surface area contributed by atoms with E-state index in [1.54, 1.807) is 11.6 Å². The summed E-state index contributed by atoms with van der Waals surface area (Å²) < 4.78 is 3.52. The Balaban J connectivity index is 1.41. The number of carbonyl (C=O) groups is 1. The first-order valence-electron chi connectivity index (χ1n) is 8.30. The van der Waals surface area contributed by atoms with Crippen LogP contribution in [0.3, 0.4) is 0 Å². The summed E-state index contributed by atoms with van der Waals surface area (Å²) in [6.45, 7) is 3.19. The number of nitrogens with one attached hydrogen (secondary N) is 1. The summed E-state index contributed by atoms with van der Waals surface area (Å²) in [5, 5.41) is 4.57. The second-order valence-corrected chi connectivity index (χ2v) is 6.81. The molecule has 0 saturated carbocycles. The van der Waals surface area contributed by atoms with Gasteiger partial charge in [0.15, 0.2) is 4.96 Å². The second kappa shape index (κ2) is 6.72. The van der Waals surface area contributed by atoms with E-state index < -0.39 is 5.91 Å². The summed E-state index contributed by atoms with van der Waals surface area (Å²) in [5.41, 5.74) is 1.77. The standard InChI is InChI=1S/C18H17N5O2S/c1-12-21-14-5-2-3-6-15(14)22(12)8-4-7-19-16(24)13-11-20-18-23(17(13)25)9-10-26-18/h2-3,5-6,9-11H,4,7-8H2,1H3,(H,19,24). The molecule has 0 radical (unpaired) electrons. The van der Waals surface area contributed by atoms with Crippen molar-refractivity contribution >= 4 is 33.2 Å². The van der Waals surface area contributed by atoms with Crippen LogP contribution in [0.15, 0.2) is 46.8 Å². The quantitative estimate of drug-likeness (QED) is 0.549. The van der Waals surface area contributed by atoms with Crippen molar-refractivity contribution in [2.75, 3.05) is 6.54 Å². The molecule has 0 saturated heterocycles. The van der Waals surface area contributed by atoms with E-state index in [9.17, 15) is 9.59 Å². The maximum absolute atomic E-state index is 12.3. The first-order chi connectivity index (χ1) is 12.6. The molecule has 4 rings (SSSR count). The van der Waals surface area contributed by atoms with Gasteiger partial charge < -0.3 is 9.88 Å². The van der Waals surface area contributed by atoms with Crippen molar-refractivity contribution in [2.24, 2.45) is 0 Å². The maximum Gasteiger partial charge on any atom is 0.271 e. The zero-order valence-electron chi connectivity index (χ0n) is 14.2. The van der Waals surface area contributed by atoms with Crippen molar-refractivity contribution in [3.8, 4) is 0 Å². The molecular formula is C18H17N5O2S. The Morgan fingerprint density at radius 2 is 2.15 bits per heavy atom. The minimum atomic E-state index is -0.393. The molecule has 132 valence electrons. The Kier molecular flexibility index (Phi) is 4.26. The van der Waals surface area contributed by atoms with Gasteiger partial charge in [0.2, 0.25) is 0 Å². The number of imidazole rings is 1. The number of aryl methyl sites for hydroxylation is 2. The fourth-order valence-corrected chi connectivity index (χ4v) is 3.67. The van der Waals surface area contributed by atoms with Crippen LogP contribution in [0, 0.1) is 6.92 Å². The Morgan fingerprint density at radius 3 is 3.04 bits per heavy atom. The van der Waals surface area contributed by atoms with Crippen LogP contribution in [0.2, 0.25) is 0 Å². The molecule has 26 heavy (non-hydrogen) atoms. The molecule has 1 amide bonds. The third-order valence-electron chi connectivity index (χ3n) is 4.28. The second-order valence-electron chi connectivity index (χ2n) is 5.94. The molecule has 3 aromatic heterocycles. The van der Waals surface area contributed by atoms with Gasteiger partial charge in [-0.2, -0.15) is 0 Å². The van der Waals surface area contributed by atoms with Crippen molar-refractivity contribution in [1.82, 2.24) is 24.3 Å². The Hall–Kier alpha value is -3.00. The van der Waals surface area contributed by atoms with Crippen molar-refractivity contribution in [2.45, 2.75) is 19.9 Å². The molecule has 0 unspecified atom stereocenters. The number of thiazole rings is 1. The lowest BCUT2D eigenvalue weighted by molar-refractivity contribution is 0.0950. The summed E-state index contributed by atoms with van der Waals surface area (Å²) in [6, 6.07) is 7.98. The highest BCUT2D eigenvalue weighted by Crippen LogP contribution is 2.15. The summed E-state index contributed by atoms with van der Waals surface area (Å²) in [4.78, 5) is 33.8. The van der Waals surface area contributed by atoms with E-state index in [4.69, 9.17) is 0 Å². The molecule has 0 aliphatic heterocycles. The number of amides is 1. The van der Waals surface area contributed by atoms with Gasteiger partial charge in [0, 0.05) is 30.9 Å². The molecule has 0 fully saturated rings. The molecule has 0 bridgehead atoms. The van der Waals surface area contributed by atoms with Gasteiger partial charge >= 0.3 is 0 Å². The summed E-state index contributed by atoms with van der Waals surface area (Å²) in [6.07, 6.45) is 3.71. The molecule has 0 spiro atoms. The van der Waals surface area contributed by atoms with E-state index in [2.05, 4.69) is 19.9 Å². The minimum Gasteiger partial charge on any atom is -0.352 e. The Labute approximate surface area is 152 Å². The van der Waals surface area contributed by atoms with Gasteiger partial charge in [-0.1, -0.05) is 12.1 Å². The van der Waals surface area contributed by atoms with Crippen LogP contribution in [0.4, 0.5) is 0 Å². The number of aromatic nitrogens is 4. The zero-order valence-corrected chi connectivity index (χ0v) is 15.0. The summed E-state index contributed by atoms with van der Waals surface area (Å²) >= 11 is 1.36. The average Bonchev–Trinajstić information content (AvgIpc) is 3.23. The molecule has 4 aromatic rings. The van der Waals surface area contributed by atoms with Gasteiger partial charge in [-0.15, -0.1) is 11.3 Å². The van der Waals surface area contributed by atoms with Gasteiger partial charge in [-0.3, -0.25) is 14.0 Å². The van der Waals surface area contributed by atoms with Crippen molar-refractivity contribution in [1.29, 1.82) is 0 Å².